The van der Waals surface area contributed by atoms with Crippen LogP contribution in [-0.4, -0.2) is 45.1 Å². The predicted molar refractivity (Wildman–Crippen MR) is 118 cm³/mol. The van der Waals surface area contributed by atoms with Crippen LogP contribution in [0.3, 0.4) is 0 Å². The minimum Gasteiger partial charge on any atom is -0.401 e. The first kappa shape index (κ1) is 20.5. The Balaban J connectivity index is 1.61. The van der Waals surface area contributed by atoms with Gasteiger partial charge in [-0.15, -0.1) is 5.10 Å². The van der Waals surface area contributed by atoms with E-state index in [0.717, 1.165) is 5.56 Å². The van der Waals surface area contributed by atoms with Gasteiger partial charge in [0.25, 0.3) is 11.8 Å². The van der Waals surface area contributed by atoms with Crippen molar-refractivity contribution >= 4 is 23.4 Å². The average molecular weight is 426 g/mol. The molecule has 10 heteroatoms. The molecule has 4 rings (SSSR count). The zero-order chi connectivity index (χ0) is 22.7. The van der Waals surface area contributed by atoms with Gasteiger partial charge in [-0.1, -0.05) is 29.4 Å². The molecule has 2 aromatic carbocycles. The van der Waals surface area contributed by atoms with Gasteiger partial charge < -0.3 is 20.4 Å². The molecule has 3 N–H and O–H groups in total. The van der Waals surface area contributed by atoms with Crippen molar-refractivity contribution in [2.24, 2.45) is 0 Å². The smallest absolute Gasteiger partial charge is 0.320 e. The number of aromatic nitrogens is 4. The van der Waals surface area contributed by atoms with E-state index in [1.165, 1.54) is 11.1 Å². The fraction of sp³-hybridized carbons (Fsp3) is 0.0909. The topological polar surface area (TPSA) is 147 Å². The summed E-state index contributed by atoms with van der Waals surface area (Å²) >= 11 is 0. The normalized spacial score (nSPS) is 10.4. The molecule has 158 valence electrons. The van der Waals surface area contributed by atoms with E-state index in [2.05, 4.69) is 31.6 Å². The number of carbonyl (C=O) groups is 1. The summed E-state index contributed by atoms with van der Waals surface area (Å²) in [5.41, 5.74) is 9.02. The largest absolute Gasteiger partial charge is 0.401 e. The Morgan fingerprint density at radius 2 is 1.88 bits per heavy atom. The van der Waals surface area contributed by atoms with Crippen LogP contribution in [0.2, 0.25) is 0 Å². The maximum atomic E-state index is 12.1. The predicted octanol–water partition coefficient (Wildman–Crippen LogP) is 3.09. The molecule has 4 aromatic rings. The lowest BCUT2D eigenvalue weighted by Gasteiger charge is -2.10. The summed E-state index contributed by atoms with van der Waals surface area (Å²) in [5, 5.41) is 20.1. The van der Waals surface area contributed by atoms with Gasteiger partial charge in [-0.25, -0.2) is 9.97 Å². The standard InChI is InChI=1S/C22H18N8O2/c1-30(2)21(31)14-9-7-13(8-10-14)17-12-25-19(24)18(26-17)20-28-29-22(32-20)27-16-6-4-3-5-15(16)11-23/h3-10,12H,1-2H3,(H2,24,25)(H,27,29). The van der Waals surface area contributed by atoms with Gasteiger partial charge in [0.2, 0.25) is 0 Å². The summed E-state index contributed by atoms with van der Waals surface area (Å²) in [6.45, 7) is 0. The number of nitriles is 1. The molecule has 0 unspecified atom stereocenters. The number of rotatable bonds is 5. The lowest BCUT2D eigenvalue weighted by atomic mass is 10.1. The number of nitrogens with two attached hydrogens (primary N) is 1. The second-order valence-corrected chi connectivity index (χ2v) is 6.96. The number of para-hydroxylation sites is 1. The van der Waals surface area contributed by atoms with Crippen LogP contribution in [-0.2, 0) is 0 Å². The number of nitrogens with one attached hydrogen (secondary N) is 1. The van der Waals surface area contributed by atoms with Gasteiger partial charge in [-0.3, -0.25) is 4.79 Å². The van der Waals surface area contributed by atoms with Gasteiger partial charge in [0.1, 0.15) is 6.07 Å². The molecule has 10 nitrogen and oxygen atoms in total. The molecule has 0 fully saturated rings. The third kappa shape index (κ3) is 4.08. The second-order valence-electron chi connectivity index (χ2n) is 6.96. The van der Waals surface area contributed by atoms with Crippen LogP contribution in [0.25, 0.3) is 22.8 Å². The molecule has 0 saturated heterocycles. The molecule has 0 atom stereocenters. The lowest BCUT2D eigenvalue weighted by Crippen LogP contribution is -2.21. The Morgan fingerprint density at radius 3 is 2.59 bits per heavy atom. The summed E-state index contributed by atoms with van der Waals surface area (Å²) < 4.78 is 5.65. The summed E-state index contributed by atoms with van der Waals surface area (Å²) in [6.07, 6.45) is 1.53. The van der Waals surface area contributed by atoms with Gasteiger partial charge in [0, 0.05) is 25.2 Å². The van der Waals surface area contributed by atoms with Crippen LogP contribution in [0, 0.1) is 11.3 Å². The Kier molecular flexibility index (Phi) is 5.46. The highest BCUT2D eigenvalue weighted by Gasteiger charge is 2.17. The highest BCUT2D eigenvalue weighted by molar-refractivity contribution is 5.94. The minimum absolute atomic E-state index is 0.0770. The van der Waals surface area contributed by atoms with Crippen LogP contribution < -0.4 is 11.1 Å². The molecule has 2 heterocycles. The van der Waals surface area contributed by atoms with Crippen LogP contribution in [0.15, 0.2) is 59.1 Å². The zero-order valence-corrected chi connectivity index (χ0v) is 17.3. The van der Waals surface area contributed by atoms with Gasteiger partial charge in [-0.05, 0) is 24.3 Å². The number of carbonyl (C=O) groups excluding carboxylic acids is 1. The number of nitrogens with zero attached hydrogens (tertiary/aromatic N) is 6. The SMILES string of the molecule is CN(C)C(=O)c1ccc(-c2cnc(N)c(-c3nnc(Nc4ccccc4C#N)o3)n2)cc1. The lowest BCUT2D eigenvalue weighted by molar-refractivity contribution is 0.0827. The van der Waals surface area contributed by atoms with E-state index < -0.39 is 0 Å². The highest BCUT2D eigenvalue weighted by atomic mass is 16.4. The second kappa shape index (κ2) is 8.53. The minimum atomic E-state index is -0.0931. The number of anilines is 3. The Morgan fingerprint density at radius 1 is 1.12 bits per heavy atom. The third-order valence-corrected chi connectivity index (χ3v) is 4.55. The highest BCUT2D eigenvalue weighted by Crippen LogP contribution is 2.27. The molecule has 0 aliphatic rings. The molecule has 0 spiro atoms. The van der Waals surface area contributed by atoms with E-state index in [9.17, 15) is 10.1 Å². The molecule has 0 saturated carbocycles. The first-order valence-corrected chi connectivity index (χ1v) is 9.51. The Bertz CT molecular complexity index is 1320. The van der Waals surface area contributed by atoms with Crippen LogP contribution >= 0.6 is 0 Å². The number of hydrogen-bond donors (Lipinski definition) is 2. The molecule has 32 heavy (non-hydrogen) atoms. The number of hydrogen-bond acceptors (Lipinski definition) is 9. The maximum absolute atomic E-state index is 12.1. The summed E-state index contributed by atoms with van der Waals surface area (Å²) in [7, 11) is 3.39. The summed E-state index contributed by atoms with van der Waals surface area (Å²) in [4.78, 5) is 22.3. The molecule has 0 aliphatic carbocycles. The van der Waals surface area contributed by atoms with Crippen LogP contribution in [0.4, 0.5) is 17.5 Å². The Hall–Kier alpha value is -4.78. The first-order chi connectivity index (χ1) is 15.5. The van der Waals surface area contributed by atoms with Crippen molar-refractivity contribution in [3.63, 3.8) is 0 Å². The van der Waals surface area contributed by atoms with E-state index >= 15 is 0 Å². The van der Waals surface area contributed by atoms with Gasteiger partial charge >= 0.3 is 6.01 Å². The monoisotopic (exact) mass is 426 g/mol. The average Bonchev–Trinajstić information content (AvgIpc) is 3.27. The molecular weight excluding hydrogens is 408 g/mol. The maximum Gasteiger partial charge on any atom is 0.320 e. The van der Waals surface area contributed by atoms with Gasteiger partial charge in [0.15, 0.2) is 11.5 Å². The molecule has 0 radical (unpaired) electrons. The molecule has 2 aromatic heterocycles. The van der Waals surface area contributed by atoms with E-state index in [1.54, 1.807) is 62.6 Å². The number of nitrogen functional groups attached to an aromatic ring is 1. The van der Waals surface area contributed by atoms with E-state index in [0.29, 0.717) is 22.5 Å². The third-order valence-electron chi connectivity index (χ3n) is 4.55. The van der Waals surface area contributed by atoms with Crippen molar-refractivity contribution in [1.82, 2.24) is 25.1 Å². The van der Waals surface area contributed by atoms with Crippen LogP contribution in [0.1, 0.15) is 15.9 Å². The summed E-state index contributed by atoms with van der Waals surface area (Å²) in [5.74, 6) is 0.110. The fourth-order valence-electron chi connectivity index (χ4n) is 2.91. The van der Waals surface area contributed by atoms with Crippen molar-refractivity contribution in [1.29, 1.82) is 5.26 Å². The molecular formula is C22H18N8O2. The van der Waals surface area contributed by atoms with Crippen LogP contribution in [0.5, 0.6) is 0 Å². The van der Waals surface area contributed by atoms with Crippen molar-refractivity contribution in [2.45, 2.75) is 0 Å². The van der Waals surface area contributed by atoms with Crippen molar-refractivity contribution < 1.29 is 9.21 Å². The molecule has 0 aliphatic heterocycles. The molecule has 0 bridgehead atoms. The van der Waals surface area contributed by atoms with Gasteiger partial charge in [-0.2, -0.15) is 5.26 Å². The molecule has 1 amide bonds. The summed E-state index contributed by atoms with van der Waals surface area (Å²) in [6, 6.07) is 16.1. The fourth-order valence-corrected chi connectivity index (χ4v) is 2.91. The Labute approximate surface area is 183 Å². The van der Waals surface area contributed by atoms with E-state index in [4.69, 9.17) is 10.2 Å². The van der Waals surface area contributed by atoms with Crippen molar-refractivity contribution in [3.8, 4) is 28.9 Å². The number of benzene rings is 2. The quantitative estimate of drug-likeness (QED) is 0.491. The first-order valence-electron chi connectivity index (χ1n) is 9.51. The van der Waals surface area contributed by atoms with Crippen molar-refractivity contribution in [2.75, 3.05) is 25.1 Å². The van der Waals surface area contributed by atoms with Gasteiger partial charge in [0.05, 0.1) is 23.1 Å². The van der Waals surface area contributed by atoms with Crippen molar-refractivity contribution in [3.05, 3.63) is 65.9 Å². The number of amides is 1. The van der Waals surface area contributed by atoms with E-state index in [-0.39, 0.29) is 29.3 Å². The van der Waals surface area contributed by atoms with E-state index in [1.807, 2.05) is 0 Å². The zero-order valence-electron chi connectivity index (χ0n) is 17.3.